The minimum absolute atomic E-state index is 0.0771. The zero-order chi connectivity index (χ0) is 13.6. The van der Waals surface area contributed by atoms with Crippen LogP contribution >= 0.6 is 11.6 Å². The Labute approximate surface area is 114 Å². The van der Waals surface area contributed by atoms with Crippen molar-refractivity contribution in [2.45, 2.75) is 12.8 Å². The van der Waals surface area contributed by atoms with Gasteiger partial charge in [-0.05, 0) is 31.0 Å². The van der Waals surface area contributed by atoms with Crippen LogP contribution in [-0.4, -0.2) is 11.8 Å². The van der Waals surface area contributed by atoms with Gasteiger partial charge in [0.05, 0.1) is 22.5 Å². The van der Waals surface area contributed by atoms with Crippen molar-refractivity contribution in [1.82, 2.24) is 0 Å². The summed E-state index contributed by atoms with van der Waals surface area (Å²) in [4.78, 5) is 25.7. The molecule has 19 heavy (non-hydrogen) atoms. The summed E-state index contributed by atoms with van der Waals surface area (Å²) in [5.74, 6) is -1.59. The van der Waals surface area contributed by atoms with Gasteiger partial charge in [-0.15, -0.1) is 0 Å². The molecule has 1 fully saturated rings. The first-order valence-electron chi connectivity index (χ1n) is 6.07. The first kappa shape index (κ1) is 12.4. The zero-order valence-corrected chi connectivity index (χ0v) is 10.7. The third-order valence-corrected chi connectivity index (χ3v) is 3.96. The number of carbonyl (C=O) groups excluding carboxylic acids is 2. The van der Waals surface area contributed by atoms with E-state index in [0.29, 0.717) is 12.8 Å². The van der Waals surface area contributed by atoms with Gasteiger partial charge in [-0.2, -0.15) is 0 Å². The second-order valence-electron chi connectivity index (χ2n) is 4.76. The molecular formula is C14H11ClFNO2. The zero-order valence-electron chi connectivity index (χ0n) is 9.98. The molecule has 0 spiro atoms. The van der Waals surface area contributed by atoms with Gasteiger partial charge in [-0.3, -0.25) is 9.59 Å². The summed E-state index contributed by atoms with van der Waals surface area (Å²) < 4.78 is 13.0. The molecule has 0 unspecified atom stereocenters. The molecular weight excluding hydrogens is 269 g/mol. The highest BCUT2D eigenvalue weighted by Gasteiger charge is 2.48. The molecule has 3 rings (SSSR count). The van der Waals surface area contributed by atoms with E-state index in [1.807, 2.05) is 12.2 Å². The lowest BCUT2D eigenvalue weighted by Crippen LogP contribution is -2.31. The fourth-order valence-electron chi connectivity index (χ4n) is 2.70. The van der Waals surface area contributed by atoms with Crippen LogP contribution in [0.4, 0.5) is 10.1 Å². The number of rotatable bonds is 1. The van der Waals surface area contributed by atoms with E-state index in [2.05, 4.69) is 0 Å². The van der Waals surface area contributed by atoms with E-state index < -0.39 is 5.82 Å². The molecule has 0 aromatic heterocycles. The lowest BCUT2D eigenvalue weighted by Gasteiger charge is -2.16. The van der Waals surface area contributed by atoms with Gasteiger partial charge in [0.25, 0.3) is 0 Å². The van der Waals surface area contributed by atoms with E-state index >= 15 is 0 Å². The summed E-state index contributed by atoms with van der Waals surface area (Å²) in [5.41, 5.74) is 0.271. The summed E-state index contributed by atoms with van der Waals surface area (Å²) in [7, 11) is 0. The number of hydrogen-bond acceptors (Lipinski definition) is 2. The number of halogens is 2. The molecule has 1 heterocycles. The summed E-state index contributed by atoms with van der Waals surface area (Å²) in [6.07, 6.45) is 4.99. The number of carbonyl (C=O) groups is 2. The average Bonchev–Trinajstić information content (AvgIpc) is 2.64. The predicted molar refractivity (Wildman–Crippen MR) is 69.3 cm³/mol. The molecule has 1 aliphatic carbocycles. The maximum absolute atomic E-state index is 13.0. The quantitative estimate of drug-likeness (QED) is 0.585. The van der Waals surface area contributed by atoms with Crippen LogP contribution in [0.15, 0.2) is 30.4 Å². The molecule has 0 saturated carbocycles. The van der Waals surface area contributed by atoms with Crippen LogP contribution < -0.4 is 4.90 Å². The Morgan fingerprint density at radius 2 is 1.68 bits per heavy atom. The first-order chi connectivity index (χ1) is 9.09. The van der Waals surface area contributed by atoms with Crippen LogP contribution in [0.2, 0.25) is 5.02 Å². The van der Waals surface area contributed by atoms with Crippen LogP contribution in [0, 0.1) is 17.7 Å². The Kier molecular flexibility index (Phi) is 2.90. The Bertz CT molecular complexity index is 573. The summed E-state index contributed by atoms with van der Waals surface area (Å²) in [6.45, 7) is 0. The van der Waals surface area contributed by atoms with E-state index in [-0.39, 0.29) is 34.4 Å². The van der Waals surface area contributed by atoms with Gasteiger partial charge in [0.1, 0.15) is 5.82 Å². The van der Waals surface area contributed by atoms with E-state index in [1.165, 1.54) is 12.1 Å². The van der Waals surface area contributed by atoms with E-state index in [4.69, 9.17) is 11.6 Å². The monoisotopic (exact) mass is 279 g/mol. The molecule has 5 heteroatoms. The average molecular weight is 280 g/mol. The van der Waals surface area contributed by atoms with E-state index in [0.717, 1.165) is 11.0 Å². The number of amides is 2. The van der Waals surface area contributed by atoms with Crippen LogP contribution in [0.3, 0.4) is 0 Å². The molecule has 1 aromatic carbocycles. The van der Waals surface area contributed by atoms with Crippen LogP contribution in [0.25, 0.3) is 0 Å². The largest absolute Gasteiger partial charge is 0.274 e. The van der Waals surface area contributed by atoms with Crippen molar-refractivity contribution in [1.29, 1.82) is 0 Å². The predicted octanol–water partition coefficient (Wildman–Crippen LogP) is 2.93. The van der Waals surface area contributed by atoms with Crippen molar-refractivity contribution >= 4 is 29.1 Å². The van der Waals surface area contributed by atoms with Gasteiger partial charge in [0, 0.05) is 0 Å². The second kappa shape index (κ2) is 4.46. The number of anilines is 1. The molecule has 0 radical (unpaired) electrons. The molecule has 1 aliphatic heterocycles. The molecule has 2 atom stereocenters. The molecule has 2 aliphatic rings. The summed E-state index contributed by atoms with van der Waals surface area (Å²) >= 11 is 5.94. The Morgan fingerprint density at radius 3 is 2.21 bits per heavy atom. The fraction of sp³-hybridized carbons (Fsp3) is 0.286. The third kappa shape index (κ3) is 1.87. The molecule has 3 nitrogen and oxygen atoms in total. The van der Waals surface area contributed by atoms with Crippen molar-refractivity contribution in [3.8, 4) is 0 Å². The topological polar surface area (TPSA) is 37.4 Å². The Morgan fingerprint density at radius 1 is 1.11 bits per heavy atom. The number of allylic oxidation sites excluding steroid dienone is 2. The minimum atomic E-state index is -0.494. The molecule has 1 aromatic rings. The molecule has 98 valence electrons. The Balaban J connectivity index is 2.02. The maximum atomic E-state index is 13.0. The number of benzene rings is 1. The maximum Gasteiger partial charge on any atom is 0.238 e. The number of hydrogen-bond donors (Lipinski definition) is 0. The van der Waals surface area contributed by atoms with Gasteiger partial charge >= 0.3 is 0 Å². The highest BCUT2D eigenvalue weighted by Crippen LogP contribution is 2.39. The summed E-state index contributed by atoms with van der Waals surface area (Å²) in [5, 5.41) is 0.0771. The smallest absolute Gasteiger partial charge is 0.238 e. The van der Waals surface area contributed by atoms with Gasteiger partial charge in [0.15, 0.2) is 0 Å². The second-order valence-corrected chi connectivity index (χ2v) is 5.17. The molecule has 2 amide bonds. The van der Waals surface area contributed by atoms with Crippen LogP contribution in [0.5, 0.6) is 0 Å². The van der Waals surface area contributed by atoms with Crippen molar-refractivity contribution < 1.29 is 14.0 Å². The van der Waals surface area contributed by atoms with Crippen molar-refractivity contribution in [2.24, 2.45) is 11.8 Å². The SMILES string of the molecule is O=C1[C@H]2CC=CC[C@H]2C(=O)N1c1ccc(F)cc1Cl. The first-order valence-corrected chi connectivity index (χ1v) is 6.45. The standard InChI is InChI=1S/C14H11ClFNO2/c15-11-7-8(16)5-6-12(11)17-13(18)9-3-1-2-4-10(9)14(17)19/h1-2,5-7,9-10H,3-4H2/t9-,10+. The highest BCUT2D eigenvalue weighted by atomic mass is 35.5. The Hall–Kier alpha value is -1.68. The minimum Gasteiger partial charge on any atom is -0.274 e. The van der Waals surface area contributed by atoms with Crippen LogP contribution in [-0.2, 0) is 9.59 Å². The highest BCUT2D eigenvalue weighted by molar-refractivity contribution is 6.36. The molecule has 0 bridgehead atoms. The summed E-state index contributed by atoms with van der Waals surface area (Å²) in [6, 6.07) is 3.68. The van der Waals surface area contributed by atoms with Crippen LogP contribution in [0.1, 0.15) is 12.8 Å². The van der Waals surface area contributed by atoms with Crippen molar-refractivity contribution in [3.05, 3.63) is 41.2 Å². The van der Waals surface area contributed by atoms with E-state index in [1.54, 1.807) is 0 Å². The van der Waals surface area contributed by atoms with E-state index in [9.17, 15) is 14.0 Å². The number of fused-ring (bicyclic) bond motifs is 1. The number of nitrogens with zero attached hydrogens (tertiary/aromatic N) is 1. The number of imide groups is 1. The lowest BCUT2D eigenvalue weighted by atomic mass is 9.85. The third-order valence-electron chi connectivity index (χ3n) is 3.66. The normalized spacial score (nSPS) is 25.9. The molecule has 1 saturated heterocycles. The van der Waals surface area contributed by atoms with Gasteiger partial charge in [0.2, 0.25) is 11.8 Å². The van der Waals surface area contributed by atoms with Crippen molar-refractivity contribution in [3.63, 3.8) is 0 Å². The lowest BCUT2D eigenvalue weighted by molar-refractivity contribution is -0.122. The van der Waals surface area contributed by atoms with Crippen molar-refractivity contribution in [2.75, 3.05) is 4.90 Å². The van der Waals surface area contributed by atoms with Gasteiger partial charge in [-0.1, -0.05) is 23.8 Å². The van der Waals surface area contributed by atoms with Gasteiger partial charge in [-0.25, -0.2) is 9.29 Å². The molecule has 0 N–H and O–H groups in total. The van der Waals surface area contributed by atoms with Gasteiger partial charge < -0.3 is 0 Å². The fourth-order valence-corrected chi connectivity index (χ4v) is 2.95.